The van der Waals surface area contributed by atoms with Crippen LogP contribution in [0.5, 0.6) is 5.75 Å². The molecular weight excluding hydrogens is 508 g/mol. The zero-order valence-corrected chi connectivity index (χ0v) is 20.0. The summed E-state index contributed by atoms with van der Waals surface area (Å²) < 4.78 is 7.39. The van der Waals surface area contributed by atoms with Crippen LogP contribution in [-0.4, -0.2) is 16.3 Å². The van der Waals surface area contributed by atoms with Gasteiger partial charge in [0.1, 0.15) is 11.3 Å². The molecule has 0 unspecified atom stereocenters. The molecule has 0 radical (unpaired) electrons. The van der Waals surface area contributed by atoms with Crippen molar-refractivity contribution in [3.05, 3.63) is 74.7 Å². The smallest absolute Gasteiger partial charge is 0.227 e. The van der Waals surface area contributed by atoms with Crippen LogP contribution in [0.2, 0.25) is 0 Å². The summed E-state index contributed by atoms with van der Waals surface area (Å²) in [6, 6.07) is 17.5. The predicted molar refractivity (Wildman–Crippen MR) is 129 cm³/mol. The average molecular weight is 528 g/mol. The molecule has 30 heavy (non-hydrogen) atoms. The fourth-order valence-corrected chi connectivity index (χ4v) is 4.32. The molecule has 1 N–H and O–H groups in total. The number of halogens is 2. The summed E-state index contributed by atoms with van der Waals surface area (Å²) >= 11 is 6.75. The van der Waals surface area contributed by atoms with Crippen molar-refractivity contribution in [1.29, 1.82) is 0 Å². The van der Waals surface area contributed by atoms with E-state index in [4.69, 9.17) is 4.42 Å². The van der Waals surface area contributed by atoms with Gasteiger partial charge in [0.25, 0.3) is 0 Å². The van der Waals surface area contributed by atoms with E-state index in [1.807, 2.05) is 30.3 Å². The van der Waals surface area contributed by atoms with Gasteiger partial charge >= 0.3 is 0 Å². The van der Waals surface area contributed by atoms with Crippen molar-refractivity contribution >= 4 is 54.9 Å². The van der Waals surface area contributed by atoms with Crippen molar-refractivity contribution in [2.75, 3.05) is 0 Å². The van der Waals surface area contributed by atoms with E-state index in [0.29, 0.717) is 21.5 Å². The molecular formula is C24H20Br2N2O2. The van der Waals surface area contributed by atoms with Crippen LogP contribution in [0, 0.1) is 0 Å². The summed E-state index contributed by atoms with van der Waals surface area (Å²) in [6.45, 7) is 6.57. The van der Waals surface area contributed by atoms with Crippen LogP contribution in [0.25, 0.3) is 22.6 Å². The molecule has 0 fully saturated rings. The van der Waals surface area contributed by atoms with Gasteiger partial charge in [0, 0.05) is 21.8 Å². The monoisotopic (exact) mass is 526 g/mol. The molecule has 3 aromatic carbocycles. The van der Waals surface area contributed by atoms with Gasteiger partial charge < -0.3 is 9.52 Å². The van der Waals surface area contributed by atoms with Gasteiger partial charge in [0.15, 0.2) is 5.58 Å². The molecule has 0 aliphatic heterocycles. The van der Waals surface area contributed by atoms with Crippen LogP contribution in [0.15, 0.2) is 73.0 Å². The number of phenols is 1. The van der Waals surface area contributed by atoms with Gasteiger partial charge in [0.05, 0.1) is 10.2 Å². The second kappa shape index (κ2) is 8.00. The van der Waals surface area contributed by atoms with Gasteiger partial charge in [-0.15, -0.1) is 0 Å². The number of rotatable bonds is 3. The fraction of sp³-hybridized carbons (Fsp3) is 0.167. The van der Waals surface area contributed by atoms with Crippen LogP contribution in [0.4, 0.5) is 5.69 Å². The van der Waals surface area contributed by atoms with Crippen LogP contribution >= 0.6 is 31.9 Å². The van der Waals surface area contributed by atoms with Crippen molar-refractivity contribution in [2.45, 2.75) is 26.2 Å². The molecule has 0 spiro atoms. The molecule has 1 heterocycles. The maximum Gasteiger partial charge on any atom is 0.227 e. The summed E-state index contributed by atoms with van der Waals surface area (Å²) in [4.78, 5) is 9.11. The summed E-state index contributed by atoms with van der Waals surface area (Å²) in [7, 11) is 0. The highest BCUT2D eigenvalue weighted by Gasteiger charge is 2.15. The predicted octanol–water partition coefficient (Wildman–Crippen LogP) is 7.77. The Hall–Kier alpha value is -2.44. The van der Waals surface area contributed by atoms with E-state index < -0.39 is 0 Å². The highest BCUT2D eigenvalue weighted by Crippen LogP contribution is 2.32. The van der Waals surface area contributed by atoms with Crippen LogP contribution in [0.3, 0.4) is 0 Å². The average Bonchev–Trinajstić information content (AvgIpc) is 3.12. The van der Waals surface area contributed by atoms with E-state index in [0.717, 1.165) is 21.2 Å². The number of aromatic nitrogens is 1. The highest BCUT2D eigenvalue weighted by molar-refractivity contribution is 9.11. The number of oxazole rings is 1. The lowest BCUT2D eigenvalue weighted by Gasteiger charge is -2.18. The summed E-state index contributed by atoms with van der Waals surface area (Å²) in [5, 5.41) is 10.2. The minimum atomic E-state index is 0.102. The summed E-state index contributed by atoms with van der Waals surface area (Å²) in [5.74, 6) is 0.727. The van der Waals surface area contributed by atoms with Gasteiger partial charge in [-0.05, 0) is 69.4 Å². The Kier molecular flexibility index (Phi) is 5.55. The first-order chi connectivity index (χ1) is 14.2. The minimum Gasteiger partial charge on any atom is -0.506 e. The number of hydrogen-bond acceptors (Lipinski definition) is 4. The maximum absolute atomic E-state index is 10.2. The Balaban J connectivity index is 1.63. The molecule has 0 saturated heterocycles. The zero-order chi connectivity index (χ0) is 21.5. The Bertz CT molecular complexity index is 1250. The van der Waals surface area contributed by atoms with E-state index in [2.05, 4.69) is 74.7 Å². The molecule has 1 aromatic heterocycles. The van der Waals surface area contributed by atoms with Gasteiger partial charge in [-0.3, -0.25) is 4.99 Å². The standard InChI is InChI=1S/C24H20Br2N2O2/c1-24(2,3)16-6-4-14(5-7-16)23-28-20-12-18(8-9-21(20)30-23)27-13-15-10-17(25)11-19(26)22(15)29/h4-13,29H,1-3H3. The van der Waals surface area contributed by atoms with Crippen molar-refractivity contribution in [2.24, 2.45) is 4.99 Å². The van der Waals surface area contributed by atoms with Gasteiger partial charge in [0.2, 0.25) is 5.89 Å². The van der Waals surface area contributed by atoms with Crippen LogP contribution in [0.1, 0.15) is 31.9 Å². The molecule has 0 amide bonds. The van der Waals surface area contributed by atoms with E-state index in [1.54, 1.807) is 18.3 Å². The molecule has 0 aliphatic rings. The Labute approximate surface area is 191 Å². The van der Waals surface area contributed by atoms with E-state index in [1.165, 1.54) is 5.56 Å². The number of fused-ring (bicyclic) bond motifs is 1. The number of benzene rings is 3. The third-order valence-electron chi connectivity index (χ3n) is 4.78. The topological polar surface area (TPSA) is 58.6 Å². The van der Waals surface area contributed by atoms with E-state index in [-0.39, 0.29) is 11.2 Å². The largest absolute Gasteiger partial charge is 0.506 e. The Morgan fingerprint density at radius 1 is 1.00 bits per heavy atom. The molecule has 4 rings (SSSR count). The lowest BCUT2D eigenvalue weighted by molar-refractivity contribution is 0.471. The lowest BCUT2D eigenvalue weighted by Crippen LogP contribution is -2.10. The van der Waals surface area contributed by atoms with E-state index in [9.17, 15) is 5.11 Å². The van der Waals surface area contributed by atoms with Gasteiger partial charge in [-0.2, -0.15) is 0 Å². The van der Waals surface area contributed by atoms with Gasteiger partial charge in [-0.1, -0.05) is 48.8 Å². The van der Waals surface area contributed by atoms with Crippen LogP contribution in [-0.2, 0) is 5.41 Å². The third kappa shape index (κ3) is 4.35. The molecule has 4 aromatic rings. The first-order valence-electron chi connectivity index (χ1n) is 9.44. The molecule has 0 atom stereocenters. The first-order valence-corrected chi connectivity index (χ1v) is 11.0. The maximum atomic E-state index is 10.2. The normalized spacial score (nSPS) is 12.2. The quantitative estimate of drug-likeness (QED) is 0.277. The Morgan fingerprint density at radius 2 is 1.73 bits per heavy atom. The number of aromatic hydroxyl groups is 1. The summed E-state index contributed by atoms with van der Waals surface area (Å²) in [6.07, 6.45) is 1.62. The lowest BCUT2D eigenvalue weighted by atomic mass is 9.87. The number of hydrogen-bond donors (Lipinski definition) is 1. The van der Waals surface area contributed by atoms with E-state index >= 15 is 0 Å². The minimum absolute atomic E-state index is 0.102. The van der Waals surface area contributed by atoms with Crippen LogP contribution < -0.4 is 0 Å². The number of phenolic OH excluding ortho intramolecular Hbond substituents is 1. The second-order valence-electron chi connectivity index (χ2n) is 8.08. The second-order valence-corrected chi connectivity index (χ2v) is 9.85. The highest BCUT2D eigenvalue weighted by atomic mass is 79.9. The Morgan fingerprint density at radius 3 is 2.43 bits per heavy atom. The fourth-order valence-electron chi connectivity index (χ4n) is 3.06. The molecule has 4 nitrogen and oxygen atoms in total. The van der Waals surface area contributed by atoms with Crippen molar-refractivity contribution in [3.8, 4) is 17.2 Å². The van der Waals surface area contributed by atoms with Gasteiger partial charge in [-0.25, -0.2) is 4.98 Å². The molecule has 152 valence electrons. The number of aliphatic imine (C=N–C) groups is 1. The molecule has 0 saturated carbocycles. The zero-order valence-electron chi connectivity index (χ0n) is 16.8. The molecule has 0 bridgehead atoms. The summed E-state index contributed by atoms with van der Waals surface area (Å²) in [5.41, 5.74) is 5.08. The van der Waals surface area contributed by atoms with Crippen molar-refractivity contribution < 1.29 is 9.52 Å². The first kappa shape index (κ1) is 20.8. The van der Waals surface area contributed by atoms with Crippen molar-refractivity contribution in [1.82, 2.24) is 4.98 Å². The van der Waals surface area contributed by atoms with Crippen molar-refractivity contribution in [3.63, 3.8) is 0 Å². The number of nitrogens with zero attached hydrogens (tertiary/aromatic N) is 2. The SMILES string of the molecule is CC(C)(C)c1ccc(-c2nc3cc(N=Cc4cc(Br)cc(Br)c4O)ccc3o2)cc1. The third-order valence-corrected chi connectivity index (χ3v) is 5.84. The molecule has 6 heteroatoms. The molecule has 0 aliphatic carbocycles.